The number of benzene rings is 2. The van der Waals surface area contributed by atoms with Crippen molar-refractivity contribution in [3.63, 3.8) is 0 Å². The van der Waals surface area contributed by atoms with Crippen molar-refractivity contribution < 1.29 is 0 Å². The Morgan fingerprint density at radius 3 is 2.30 bits per heavy atom. The molecule has 4 heteroatoms. The molecule has 0 fully saturated rings. The van der Waals surface area contributed by atoms with Crippen LogP contribution >= 0.6 is 23.4 Å². The number of rotatable bonds is 4. The standard InChI is InChI=1S/C16H17ClN2S/c1-12-2-4-13(5-3-12)10-19-16(18)20-11-14-6-8-15(17)9-7-14/h2-9H,10-11H2,1H3,(H2,18,19). The molecule has 0 unspecified atom stereocenters. The molecule has 0 spiro atoms. The van der Waals surface area contributed by atoms with E-state index in [2.05, 4.69) is 36.2 Å². The Bertz CT molecular complexity index is 576. The van der Waals surface area contributed by atoms with Gasteiger partial charge in [-0.05, 0) is 30.2 Å². The molecule has 2 rings (SSSR count). The first-order valence-electron chi connectivity index (χ1n) is 6.36. The van der Waals surface area contributed by atoms with Crippen LogP contribution < -0.4 is 5.73 Å². The minimum atomic E-state index is 0.612. The molecule has 104 valence electrons. The van der Waals surface area contributed by atoms with Gasteiger partial charge in [-0.2, -0.15) is 0 Å². The molecule has 0 saturated heterocycles. The van der Waals surface area contributed by atoms with Crippen LogP contribution in [0, 0.1) is 6.92 Å². The van der Waals surface area contributed by atoms with E-state index in [-0.39, 0.29) is 0 Å². The van der Waals surface area contributed by atoms with E-state index >= 15 is 0 Å². The summed E-state index contributed by atoms with van der Waals surface area (Å²) in [4.78, 5) is 4.39. The van der Waals surface area contributed by atoms with Gasteiger partial charge in [0.15, 0.2) is 5.17 Å². The van der Waals surface area contributed by atoms with Gasteiger partial charge in [0.25, 0.3) is 0 Å². The Balaban J connectivity index is 1.84. The number of hydrogen-bond donors (Lipinski definition) is 1. The van der Waals surface area contributed by atoms with E-state index in [0.29, 0.717) is 11.7 Å². The van der Waals surface area contributed by atoms with Crippen molar-refractivity contribution in [2.24, 2.45) is 10.7 Å². The third-order valence-corrected chi connectivity index (χ3v) is 3.99. The van der Waals surface area contributed by atoms with Crippen molar-refractivity contribution >= 4 is 28.5 Å². The molecular weight excluding hydrogens is 288 g/mol. The average molecular weight is 305 g/mol. The highest BCUT2D eigenvalue weighted by atomic mass is 35.5. The maximum atomic E-state index is 5.92. The molecule has 0 saturated carbocycles. The van der Waals surface area contributed by atoms with Crippen molar-refractivity contribution in [2.75, 3.05) is 0 Å². The van der Waals surface area contributed by atoms with Crippen LogP contribution in [-0.2, 0) is 12.3 Å². The fraction of sp³-hybridized carbons (Fsp3) is 0.188. The van der Waals surface area contributed by atoms with E-state index < -0.39 is 0 Å². The van der Waals surface area contributed by atoms with Crippen LogP contribution in [0.3, 0.4) is 0 Å². The minimum Gasteiger partial charge on any atom is -0.379 e. The quantitative estimate of drug-likeness (QED) is 0.672. The van der Waals surface area contributed by atoms with Crippen LogP contribution in [0.15, 0.2) is 53.5 Å². The van der Waals surface area contributed by atoms with E-state index in [1.165, 1.54) is 16.7 Å². The van der Waals surface area contributed by atoms with Gasteiger partial charge in [-0.1, -0.05) is 65.3 Å². The third kappa shape index (κ3) is 4.91. The highest BCUT2D eigenvalue weighted by molar-refractivity contribution is 8.13. The van der Waals surface area contributed by atoms with Gasteiger partial charge < -0.3 is 5.73 Å². The second kappa shape index (κ2) is 7.36. The van der Waals surface area contributed by atoms with E-state index in [1.54, 1.807) is 11.8 Å². The number of thioether (sulfide) groups is 1. The molecule has 0 amide bonds. The summed E-state index contributed by atoms with van der Waals surface area (Å²) in [5.41, 5.74) is 9.53. The van der Waals surface area contributed by atoms with E-state index in [4.69, 9.17) is 17.3 Å². The number of nitrogens with two attached hydrogens (primary N) is 1. The third-order valence-electron chi connectivity index (χ3n) is 2.84. The molecule has 0 atom stereocenters. The first kappa shape index (κ1) is 14.9. The fourth-order valence-electron chi connectivity index (χ4n) is 1.65. The van der Waals surface area contributed by atoms with Gasteiger partial charge in [0, 0.05) is 10.8 Å². The van der Waals surface area contributed by atoms with Crippen molar-refractivity contribution in [2.45, 2.75) is 19.2 Å². The Hall–Kier alpha value is -1.45. The number of nitrogens with zero attached hydrogens (tertiary/aromatic N) is 1. The minimum absolute atomic E-state index is 0.612. The highest BCUT2D eigenvalue weighted by Gasteiger charge is 1.98. The normalized spacial score (nSPS) is 11.6. The second-order valence-corrected chi connectivity index (χ2v) is 5.99. The van der Waals surface area contributed by atoms with Crippen LogP contribution in [0.5, 0.6) is 0 Å². The molecule has 2 aromatic rings. The lowest BCUT2D eigenvalue weighted by molar-refractivity contribution is 1.07. The lowest BCUT2D eigenvalue weighted by atomic mass is 10.1. The molecule has 20 heavy (non-hydrogen) atoms. The molecule has 2 nitrogen and oxygen atoms in total. The summed E-state index contributed by atoms with van der Waals surface area (Å²) >= 11 is 7.39. The SMILES string of the molecule is Cc1ccc(CN=C(N)SCc2ccc(Cl)cc2)cc1. The lowest BCUT2D eigenvalue weighted by Crippen LogP contribution is -2.07. The molecule has 0 aliphatic carbocycles. The Morgan fingerprint density at radius 1 is 1.05 bits per heavy atom. The smallest absolute Gasteiger partial charge is 0.154 e. The van der Waals surface area contributed by atoms with Crippen molar-refractivity contribution in [1.82, 2.24) is 0 Å². The number of amidine groups is 1. The monoisotopic (exact) mass is 304 g/mol. The molecular formula is C16H17ClN2S. The molecule has 2 N–H and O–H groups in total. The van der Waals surface area contributed by atoms with Gasteiger partial charge in [0.1, 0.15) is 0 Å². The summed E-state index contributed by atoms with van der Waals surface area (Å²) in [5.74, 6) is 0.806. The zero-order valence-electron chi connectivity index (χ0n) is 11.3. The Kier molecular flexibility index (Phi) is 5.50. The predicted octanol–water partition coefficient (Wildman–Crippen LogP) is 4.40. The van der Waals surface area contributed by atoms with Crippen molar-refractivity contribution in [1.29, 1.82) is 0 Å². The summed E-state index contributed by atoms with van der Waals surface area (Å²) in [5, 5.41) is 1.36. The first-order chi connectivity index (χ1) is 9.63. The molecule has 2 aromatic carbocycles. The van der Waals surface area contributed by atoms with E-state index in [1.807, 2.05) is 24.3 Å². The van der Waals surface area contributed by atoms with Crippen LogP contribution in [0.1, 0.15) is 16.7 Å². The number of aryl methyl sites for hydroxylation is 1. The number of hydrogen-bond acceptors (Lipinski definition) is 2. The molecule has 0 aliphatic rings. The summed E-state index contributed by atoms with van der Waals surface area (Å²) in [6.45, 7) is 2.70. The number of halogens is 1. The Morgan fingerprint density at radius 2 is 1.65 bits per heavy atom. The van der Waals surface area contributed by atoms with Crippen LogP contribution in [-0.4, -0.2) is 5.17 Å². The van der Waals surface area contributed by atoms with Crippen LogP contribution in [0.25, 0.3) is 0 Å². The molecule has 0 aliphatic heterocycles. The summed E-state index contributed by atoms with van der Waals surface area (Å²) < 4.78 is 0. The summed E-state index contributed by atoms with van der Waals surface area (Å²) in [7, 11) is 0. The summed E-state index contributed by atoms with van der Waals surface area (Å²) in [6.07, 6.45) is 0. The molecule has 0 aromatic heterocycles. The molecule has 0 radical (unpaired) electrons. The zero-order chi connectivity index (χ0) is 14.4. The van der Waals surface area contributed by atoms with E-state index in [0.717, 1.165) is 10.8 Å². The van der Waals surface area contributed by atoms with E-state index in [9.17, 15) is 0 Å². The maximum Gasteiger partial charge on any atom is 0.154 e. The fourth-order valence-corrected chi connectivity index (χ4v) is 2.44. The zero-order valence-corrected chi connectivity index (χ0v) is 12.9. The highest BCUT2D eigenvalue weighted by Crippen LogP contribution is 2.16. The average Bonchev–Trinajstić information content (AvgIpc) is 2.46. The van der Waals surface area contributed by atoms with Crippen LogP contribution in [0.2, 0.25) is 5.02 Å². The summed E-state index contributed by atoms with van der Waals surface area (Å²) in [6, 6.07) is 16.1. The molecule has 0 bridgehead atoms. The van der Waals surface area contributed by atoms with Gasteiger partial charge >= 0.3 is 0 Å². The van der Waals surface area contributed by atoms with Gasteiger partial charge in [-0.3, -0.25) is 4.99 Å². The van der Waals surface area contributed by atoms with Gasteiger partial charge in [-0.25, -0.2) is 0 Å². The van der Waals surface area contributed by atoms with Gasteiger partial charge in [0.2, 0.25) is 0 Å². The Labute approximate surface area is 129 Å². The first-order valence-corrected chi connectivity index (χ1v) is 7.72. The largest absolute Gasteiger partial charge is 0.379 e. The maximum absolute atomic E-state index is 5.92. The van der Waals surface area contributed by atoms with Gasteiger partial charge in [-0.15, -0.1) is 0 Å². The molecule has 0 heterocycles. The number of aliphatic imine (C=N–C) groups is 1. The van der Waals surface area contributed by atoms with Crippen LogP contribution in [0.4, 0.5) is 0 Å². The predicted molar refractivity (Wildman–Crippen MR) is 89.3 cm³/mol. The topological polar surface area (TPSA) is 38.4 Å². The van der Waals surface area contributed by atoms with Gasteiger partial charge in [0.05, 0.1) is 6.54 Å². The second-order valence-electron chi connectivity index (χ2n) is 4.56. The van der Waals surface area contributed by atoms with Crippen molar-refractivity contribution in [3.05, 3.63) is 70.2 Å². The lowest BCUT2D eigenvalue weighted by Gasteiger charge is -2.03. The van der Waals surface area contributed by atoms with Crippen molar-refractivity contribution in [3.8, 4) is 0 Å².